The van der Waals surface area contributed by atoms with Crippen LogP contribution in [-0.2, 0) is 23.1 Å². The van der Waals surface area contributed by atoms with Crippen LogP contribution in [-0.4, -0.2) is 24.4 Å². The molecule has 0 unspecified atom stereocenters. The third-order valence-corrected chi connectivity index (χ3v) is 5.96. The third-order valence-electron chi connectivity index (χ3n) is 3.07. The Labute approximate surface area is 121 Å². The number of nitrogens with one attached hydrogen (secondary N) is 3. The number of hydrogen-bond donors (Lipinski definition) is 3. The molecule has 1 fully saturated rings. The highest BCUT2D eigenvalue weighted by Crippen LogP contribution is 2.23. The minimum atomic E-state index is -3.45. The predicted octanol–water partition coefficient (Wildman–Crippen LogP) is 1.20. The van der Waals surface area contributed by atoms with Crippen molar-refractivity contribution in [2.24, 2.45) is 0 Å². The number of aromatic nitrogens is 2. The zero-order valence-electron chi connectivity index (χ0n) is 10.8. The van der Waals surface area contributed by atoms with E-state index >= 15 is 0 Å². The van der Waals surface area contributed by atoms with Crippen molar-refractivity contribution in [2.75, 3.05) is 0 Å². The van der Waals surface area contributed by atoms with Gasteiger partial charge in [-0.15, -0.1) is 11.3 Å². The fourth-order valence-corrected chi connectivity index (χ4v) is 4.02. The van der Waals surface area contributed by atoms with Gasteiger partial charge in [-0.1, -0.05) is 0 Å². The van der Waals surface area contributed by atoms with E-state index < -0.39 is 10.0 Å². The molecule has 0 bridgehead atoms. The van der Waals surface area contributed by atoms with Crippen molar-refractivity contribution in [1.29, 1.82) is 0 Å². The minimum Gasteiger partial charge on any atom is -0.347 e. The highest BCUT2D eigenvalue weighted by molar-refractivity contribution is 7.91. The fraction of sp³-hybridized carbons (Fsp3) is 0.417. The van der Waals surface area contributed by atoms with Crippen molar-refractivity contribution >= 4 is 21.4 Å². The van der Waals surface area contributed by atoms with Gasteiger partial charge in [-0.2, -0.15) is 0 Å². The van der Waals surface area contributed by atoms with Crippen LogP contribution >= 0.6 is 11.3 Å². The van der Waals surface area contributed by atoms with E-state index in [0.29, 0.717) is 10.3 Å². The van der Waals surface area contributed by atoms with E-state index in [1.165, 1.54) is 30.5 Å². The Morgan fingerprint density at radius 3 is 2.95 bits per heavy atom. The topological polar surface area (TPSA) is 86.9 Å². The average molecular weight is 312 g/mol. The van der Waals surface area contributed by atoms with Crippen molar-refractivity contribution in [3.8, 4) is 0 Å². The zero-order chi connectivity index (χ0) is 14.0. The van der Waals surface area contributed by atoms with Crippen molar-refractivity contribution in [3.63, 3.8) is 0 Å². The first-order chi connectivity index (χ1) is 9.63. The van der Waals surface area contributed by atoms with Gasteiger partial charge in [-0.05, 0) is 29.9 Å². The number of H-pyrrole nitrogens is 1. The Kier molecular flexibility index (Phi) is 3.88. The van der Waals surface area contributed by atoms with E-state index in [2.05, 4.69) is 20.0 Å². The predicted molar refractivity (Wildman–Crippen MR) is 76.8 cm³/mol. The number of aromatic amines is 1. The molecule has 0 amide bonds. The summed E-state index contributed by atoms with van der Waals surface area (Å²) in [5.74, 6) is 0. The van der Waals surface area contributed by atoms with Gasteiger partial charge in [0.2, 0.25) is 10.0 Å². The molecular weight excluding hydrogens is 296 g/mol. The van der Waals surface area contributed by atoms with Gasteiger partial charge in [0.1, 0.15) is 4.21 Å². The summed E-state index contributed by atoms with van der Waals surface area (Å²) in [5, 5.41) is 5.26. The number of hydrogen-bond acceptors (Lipinski definition) is 5. The third kappa shape index (κ3) is 3.45. The molecule has 6 nitrogen and oxygen atoms in total. The summed E-state index contributed by atoms with van der Waals surface area (Å²) < 4.78 is 27.2. The molecule has 2 aromatic rings. The lowest BCUT2D eigenvalue weighted by Crippen LogP contribution is -2.22. The first-order valence-corrected chi connectivity index (χ1v) is 8.77. The summed E-state index contributed by atoms with van der Waals surface area (Å²) in [6.07, 6.45) is 5.57. The van der Waals surface area contributed by atoms with Crippen LogP contribution in [0.3, 0.4) is 0 Å². The summed E-state index contributed by atoms with van der Waals surface area (Å²) in [5.41, 5.74) is 1.75. The number of imidazole rings is 1. The van der Waals surface area contributed by atoms with Crippen LogP contribution in [0.15, 0.2) is 28.2 Å². The van der Waals surface area contributed by atoms with Crippen LogP contribution < -0.4 is 10.0 Å². The second kappa shape index (κ2) is 5.65. The standard InChI is InChI=1S/C12H16N4O2S2/c17-20(18,16-6-11-5-13-8-15-11)12-3-9(7-19-12)4-14-10-1-2-10/h3,5,7-8,10,14,16H,1-2,4,6H2,(H,13,15). The van der Waals surface area contributed by atoms with Gasteiger partial charge in [0.15, 0.2) is 0 Å². The maximum Gasteiger partial charge on any atom is 0.250 e. The first kappa shape index (κ1) is 13.7. The normalized spacial score (nSPS) is 15.6. The highest BCUT2D eigenvalue weighted by atomic mass is 32.2. The molecule has 1 aliphatic carbocycles. The van der Waals surface area contributed by atoms with E-state index in [1.54, 1.807) is 12.3 Å². The molecule has 3 rings (SSSR count). The summed E-state index contributed by atoms with van der Waals surface area (Å²) in [7, 11) is -3.45. The molecule has 2 heterocycles. The molecule has 0 aromatic carbocycles. The van der Waals surface area contributed by atoms with Crippen LogP contribution in [0.4, 0.5) is 0 Å². The average Bonchev–Trinajstić information content (AvgIpc) is 2.94. The molecule has 20 heavy (non-hydrogen) atoms. The van der Waals surface area contributed by atoms with Crippen molar-refractivity contribution in [3.05, 3.63) is 35.2 Å². The lowest BCUT2D eigenvalue weighted by Gasteiger charge is -2.02. The summed E-state index contributed by atoms with van der Waals surface area (Å²) >= 11 is 1.25. The molecule has 1 aliphatic rings. The SMILES string of the molecule is O=S(=O)(NCc1cnc[nH]1)c1cc(CNC2CC2)cs1. The Bertz CT molecular complexity index is 659. The fourth-order valence-electron chi connectivity index (χ4n) is 1.76. The molecule has 1 saturated carbocycles. The van der Waals surface area contributed by atoms with E-state index in [-0.39, 0.29) is 6.54 Å². The lowest BCUT2D eigenvalue weighted by atomic mass is 10.3. The molecule has 0 aliphatic heterocycles. The number of nitrogens with zero attached hydrogens (tertiary/aromatic N) is 1. The quantitative estimate of drug-likeness (QED) is 0.717. The number of thiophene rings is 1. The smallest absolute Gasteiger partial charge is 0.250 e. The van der Waals surface area contributed by atoms with E-state index in [0.717, 1.165) is 17.8 Å². The lowest BCUT2D eigenvalue weighted by molar-refractivity contribution is 0.582. The molecule has 3 N–H and O–H groups in total. The van der Waals surface area contributed by atoms with Gasteiger partial charge in [-0.25, -0.2) is 18.1 Å². The summed E-state index contributed by atoms with van der Waals surface area (Å²) in [6, 6.07) is 2.35. The largest absolute Gasteiger partial charge is 0.347 e. The van der Waals surface area contributed by atoms with Gasteiger partial charge in [-0.3, -0.25) is 0 Å². The van der Waals surface area contributed by atoms with E-state index in [1.807, 2.05) is 5.38 Å². The Morgan fingerprint density at radius 1 is 1.40 bits per heavy atom. The zero-order valence-corrected chi connectivity index (χ0v) is 12.4. The van der Waals surface area contributed by atoms with Crippen LogP contribution in [0, 0.1) is 0 Å². The molecular formula is C12H16N4O2S2. The van der Waals surface area contributed by atoms with Crippen molar-refractivity contribution < 1.29 is 8.42 Å². The molecule has 0 spiro atoms. The molecule has 0 radical (unpaired) electrons. The maximum atomic E-state index is 12.1. The van der Waals surface area contributed by atoms with Crippen LogP contribution in [0.25, 0.3) is 0 Å². The van der Waals surface area contributed by atoms with E-state index in [9.17, 15) is 8.42 Å². The molecule has 2 aromatic heterocycles. The second-order valence-corrected chi connectivity index (χ2v) is 7.74. The Hall–Kier alpha value is -1.22. The number of sulfonamides is 1. The van der Waals surface area contributed by atoms with Crippen molar-refractivity contribution in [2.45, 2.75) is 36.2 Å². The van der Waals surface area contributed by atoms with Gasteiger partial charge in [0.25, 0.3) is 0 Å². The van der Waals surface area contributed by atoms with Crippen LogP contribution in [0.2, 0.25) is 0 Å². The Balaban J connectivity index is 1.61. The summed E-state index contributed by atoms with van der Waals surface area (Å²) in [4.78, 5) is 6.71. The van der Waals surface area contributed by atoms with Gasteiger partial charge in [0, 0.05) is 24.5 Å². The van der Waals surface area contributed by atoms with Crippen LogP contribution in [0.1, 0.15) is 24.1 Å². The minimum absolute atomic E-state index is 0.218. The van der Waals surface area contributed by atoms with Gasteiger partial charge in [0.05, 0.1) is 12.9 Å². The molecule has 0 saturated heterocycles. The highest BCUT2D eigenvalue weighted by Gasteiger charge is 2.21. The second-order valence-electron chi connectivity index (χ2n) is 4.83. The van der Waals surface area contributed by atoms with Crippen LogP contribution in [0.5, 0.6) is 0 Å². The number of rotatable bonds is 7. The van der Waals surface area contributed by atoms with E-state index in [4.69, 9.17) is 0 Å². The molecule has 0 atom stereocenters. The Morgan fingerprint density at radius 2 is 2.25 bits per heavy atom. The monoisotopic (exact) mass is 312 g/mol. The molecule has 108 valence electrons. The summed E-state index contributed by atoms with van der Waals surface area (Å²) in [6.45, 7) is 0.952. The maximum absolute atomic E-state index is 12.1. The van der Waals surface area contributed by atoms with Gasteiger partial charge < -0.3 is 10.3 Å². The van der Waals surface area contributed by atoms with Crippen molar-refractivity contribution in [1.82, 2.24) is 20.0 Å². The molecule has 8 heteroatoms. The first-order valence-electron chi connectivity index (χ1n) is 6.41. The van der Waals surface area contributed by atoms with Gasteiger partial charge >= 0.3 is 0 Å².